The van der Waals surface area contributed by atoms with E-state index < -0.39 is 0 Å². The van der Waals surface area contributed by atoms with Crippen molar-refractivity contribution in [2.24, 2.45) is 11.7 Å². The summed E-state index contributed by atoms with van der Waals surface area (Å²) in [5.74, 6) is 0.742. The van der Waals surface area contributed by atoms with Crippen molar-refractivity contribution in [3.05, 3.63) is 11.3 Å². The Kier molecular flexibility index (Phi) is 3.15. The summed E-state index contributed by atoms with van der Waals surface area (Å²) >= 11 is 0. The molecule has 2 heteroatoms. The first kappa shape index (κ1) is 9.59. The highest BCUT2D eigenvalue weighted by molar-refractivity contribution is 5.10. The fourth-order valence-electron chi connectivity index (χ4n) is 1.76. The number of hydrogen-bond acceptors (Lipinski definition) is 2. The van der Waals surface area contributed by atoms with E-state index in [9.17, 15) is 0 Å². The predicted octanol–water partition coefficient (Wildman–Crippen LogP) is 1.58. The van der Waals surface area contributed by atoms with Crippen molar-refractivity contribution in [1.29, 1.82) is 0 Å². The molecule has 0 unspecified atom stereocenters. The zero-order valence-corrected chi connectivity index (χ0v) is 8.43. The van der Waals surface area contributed by atoms with Crippen LogP contribution in [0.25, 0.3) is 0 Å². The Balaban J connectivity index is 2.50. The van der Waals surface area contributed by atoms with Gasteiger partial charge in [-0.1, -0.05) is 5.57 Å². The van der Waals surface area contributed by atoms with Gasteiger partial charge in [-0.05, 0) is 52.7 Å². The zero-order chi connectivity index (χ0) is 9.14. The Morgan fingerprint density at radius 3 is 2.17 bits per heavy atom. The summed E-state index contributed by atoms with van der Waals surface area (Å²) in [6, 6.07) is 0. The van der Waals surface area contributed by atoms with Gasteiger partial charge in [-0.15, -0.1) is 0 Å². The first-order valence-corrected chi connectivity index (χ1v) is 4.72. The Labute approximate surface area is 75.4 Å². The van der Waals surface area contributed by atoms with Gasteiger partial charge >= 0.3 is 0 Å². The molecule has 0 aromatic heterocycles. The molecule has 0 amide bonds. The first-order chi connectivity index (χ1) is 5.61. The summed E-state index contributed by atoms with van der Waals surface area (Å²) in [6.07, 6.45) is 2.55. The second kappa shape index (κ2) is 3.94. The van der Waals surface area contributed by atoms with Crippen LogP contribution in [0.2, 0.25) is 0 Å². The number of nitrogens with two attached hydrogens (primary N) is 1. The summed E-state index contributed by atoms with van der Waals surface area (Å²) in [5, 5.41) is 0. The Bertz CT molecular complexity index is 172. The lowest BCUT2D eigenvalue weighted by Crippen LogP contribution is -2.31. The van der Waals surface area contributed by atoms with E-state index in [-0.39, 0.29) is 0 Å². The van der Waals surface area contributed by atoms with Crippen molar-refractivity contribution in [1.82, 2.24) is 4.90 Å². The molecule has 0 aromatic carbocycles. The van der Waals surface area contributed by atoms with Crippen molar-refractivity contribution < 1.29 is 0 Å². The minimum absolute atomic E-state index is 0.742. The summed E-state index contributed by atoms with van der Waals surface area (Å²) in [6.45, 7) is 6.61. The third-order valence-electron chi connectivity index (χ3n) is 2.95. The van der Waals surface area contributed by atoms with E-state index in [0.717, 1.165) is 11.6 Å². The molecule has 1 fully saturated rings. The van der Waals surface area contributed by atoms with Crippen LogP contribution >= 0.6 is 0 Å². The normalized spacial score (nSPS) is 23.9. The molecule has 2 N–H and O–H groups in total. The fraction of sp³-hybridized carbons (Fsp3) is 0.800. The molecule has 0 saturated carbocycles. The molecule has 0 aromatic rings. The average molecular weight is 168 g/mol. The van der Waals surface area contributed by atoms with Crippen LogP contribution in [0.5, 0.6) is 0 Å². The van der Waals surface area contributed by atoms with Crippen LogP contribution in [0.15, 0.2) is 11.3 Å². The number of piperidine rings is 1. The van der Waals surface area contributed by atoms with E-state index in [1.165, 1.54) is 31.5 Å². The van der Waals surface area contributed by atoms with Crippen LogP contribution in [0, 0.1) is 5.92 Å². The highest BCUT2D eigenvalue weighted by atomic mass is 15.1. The quantitative estimate of drug-likeness (QED) is 0.644. The molecule has 0 bridgehead atoms. The van der Waals surface area contributed by atoms with Gasteiger partial charge in [0.2, 0.25) is 0 Å². The van der Waals surface area contributed by atoms with Crippen molar-refractivity contribution in [3.8, 4) is 0 Å². The maximum atomic E-state index is 5.77. The molecule has 70 valence electrons. The van der Waals surface area contributed by atoms with Crippen LogP contribution < -0.4 is 5.73 Å². The molecule has 1 aliphatic heterocycles. The second-order valence-electron chi connectivity index (χ2n) is 3.94. The second-order valence-corrected chi connectivity index (χ2v) is 3.94. The van der Waals surface area contributed by atoms with Crippen molar-refractivity contribution in [2.45, 2.75) is 26.7 Å². The molecule has 1 saturated heterocycles. The number of likely N-dealkylation sites (tertiary alicyclic amines) is 1. The molecule has 1 heterocycles. The van der Waals surface area contributed by atoms with Gasteiger partial charge in [0.1, 0.15) is 0 Å². The molecule has 1 rings (SSSR count). The highest BCUT2D eigenvalue weighted by Gasteiger charge is 2.18. The highest BCUT2D eigenvalue weighted by Crippen LogP contribution is 2.24. The fourth-order valence-corrected chi connectivity index (χ4v) is 1.76. The molecular weight excluding hydrogens is 148 g/mol. The zero-order valence-electron chi connectivity index (χ0n) is 8.43. The smallest absolute Gasteiger partial charge is 0.00408 e. The van der Waals surface area contributed by atoms with Gasteiger partial charge in [0.15, 0.2) is 0 Å². The Morgan fingerprint density at radius 1 is 1.25 bits per heavy atom. The van der Waals surface area contributed by atoms with Crippen molar-refractivity contribution in [3.63, 3.8) is 0 Å². The van der Waals surface area contributed by atoms with Crippen LogP contribution in [0.1, 0.15) is 26.7 Å². The predicted molar refractivity (Wildman–Crippen MR) is 52.8 cm³/mol. The Morgan fingerprint density at radius 2 is 1.75 bits per heavy atom. The average Bonchev–Trinajstić information content (AvgIpc) is 2.04. The molecule has 0 radical (unpaired) electrons. The number of rotatable bonds is 1. The molecule has 0 spiro atoms. The molecule has 1 aliphatic rings. The van der Waals surface area contributed by atoms with E-state index in [0.29, 0.717) is 0 Å². The van der Waals surface area contributed by atoms with E-state index in [1.807, 2.05) is 6.92 Å². The lowest BCUT2D eigenvalue weighted by Gasteiger charge is -2.29. The summed E-state index contributed by atoms with van der Waals surface area (Å²) < 4.78 is 0. The monoisotopic (exact) mass is 168 g/mol. The molecule has 0 atom stereocenters. The molecular formula is C10H20N2. The van der Waals surface area contributed by atoms with Crippen molar-refractivity contribution >= 4 is 0 Å². The van der Waals surface area contributed by atoms with E-state index in [2.05, 4.69) is 18.9 Å². The minimum Gasteiger partial charge on any atom is -0.402 e. The summed E-state index contributed by atoms with van der Waals surface area (Å²) in [5.41, 5.74) is 8.19. The van der Waals surface area contributed by atoms with Crippen LogP contribution in [0.4, 0.5) is 0 Å². The van der Waals surface area contributed by atoms with E-state index in [4.69, 9.17) is 5.73 Å². The van der Waals surface area contributed by atoms with Crippen LogP contribution in [-0.4, -0.2) is 25.0 Å². The standard InChI is InChI=1S/C10H20N2/c1-8(9(2)11)10-4-6-12(3)7-5-10/h10H,4-7,11H2,1-3H3/b9-8-. The first-order valence-electron chi connectivity index (χ1n) is 4.72. The number of hydrogen-bond donors (Lipinski definition) is 1. The van der Waals surface area contributed by atoms with Crippen LogP contribution in [-0.2, 0) is 0 Å². The van der Waals surface area contributed by atoms with Gasteiger partial charge in [0, 0.05) is 5.70 Å². The minimum atomic E-state index is 0.742. The molecule has 2 nitrogen and oxygen atoms in total. The largest absolute Gasteiger partial charge is 0.402 e. The van der Waals surface area contributed by atoms with Gasteiger partial charge in [0.25, 0.3) is 0 Å². The van der Waals surface area contributed by atoms with Gasteiger partial charge in [-0.3, -0.25) is 0 Å². The third-order valence-corrected chi connectivity index (χ3v) is 2.95. The van der Waals surface area contributed by atoms with E-state index >= 15 is 0 Å². The Hall–Kier alpha value is -0.500. The lowest BCUT2D eigenvalue weighted by atomic mass is 9.89. The number of allylic oxidation sites excluding steroid dienone is 2. The maximum Gasteiger partial charge on any atom is 0.00408 e. The third kappa shape index (κ3) is 2.24. The van der Waals surface area contributed by atoms with Gasteiger partial charge < -0.3 is 10.6 Å². The SMILES string of the molecule is C/C(N)=C(\C)C1CCN(C)CC1. The molecule has 12 heavy (non-hydrogen) atoms. The van der Waals surface area contributed by atoms with Gasteiger partial charge in [-0.25, -0.2) is 0 Å². The van der Waals surface area contributed by atoms with Gasteiger partial charge in [0.05, 0.1) is 0 Å². The van der Waals surface area contributed by atoms with E-state index in [1.54, 1.807) is 0 Å². The van der Waals surface area contributed by atoms with Crippen molar-refractivity contribution in [2.75, 3.05) is 20.1 Å². The maximum absolute atomic E-state index is 5.77. The van der Waals surface area contributed by atoms with Crippen LogP contribution in [0.3, 0.4) is 0 Å². The summed E-state index contributed by atoms with van der Waals surface area (Å²) in [7, 11) is 2.19. The molecule has 0 aliphatic carbocycles. The summed E-state index contributed by atoms with van der Waals surface area (Å²) in [4.78, 5) is 2.38. The van der Waals surface area contributed by atoms with Gasteiger partial charge in [-0.2, -0.15) is 0 Å². The number of nitrogens with zero attached hydrogens (tertiary/aromatic N) is 1. The lowest BCUT2D eigenvalue weighted by molar-refractivity contribution is 0.237. The topological polar surface area (TPSA) is 29.3 Å².